The molecule has 5 rings (SSSR count). The van der Waals surface area contributed by atoms with E-state index < -0.39 is 0 Å². The van der Waals surface area contributed by atoms with Crippen molar-refractivity contribution in [3.63, 3.8) is 0 Å². The lowest BCUT2D eigenvalue weighted by molar-refractivity contribution is -0.136. The molecule has 0 N–H and O–H groups in total. The Kier molecular flexibility index (Phi) is 5.99. The number of aryl methyl sites for hydroxylation is 2. The lowest BCUT2D eigenvalue weighted by atomic mass is 9.96. The minimum Gasteiger partial charge on any atom is -0.368 e. The molecule has 2 fully saturated rings. The summed E-state index contributed by atoms with van der Waals surface area (Å²) in [7, 11) is 0. The van der Waals surface area contributed by atoms with Gasteiger partial charge in [0.25, 0.3) is 0 Å². The summed E-state index contributed by atoms with van der Waals surface area (Å²) in [6.07, 6.45) is 3.89. The van der Waals surface area contributed by atoms with Crippen molar-refractivity contribution in [2.24, 2.45) is 5.92 Å². The number of nitrogens with zero attached hydrogens (tertiary/aromatic N) is 4. The van der Waals surface area contributed by atoms with Gasteiger partial charge >= 0.3 is 0 Å². The molecule has 1 atom stereocenters. The Balaban J connectivity index is 1.25. The summed E-state index contributed by atoms with van der Waals surface area (Å²) < 4.78 is 1.27. The van der Waals surface area contributed by atoms with Crippen LogP contribution in [-0.2, 0) is 4.79 Å². The molecule has 4 heterocycles. The number of hydrogen-bond donors (Lipinski definition) is 0. The van der Waals surface area contributed by atoms with Crippen LogP contribution in [0, 0.1) is 19.8 Å². The molecule has 0 radical (unpaired) electrons. The van der Waals surface area contributed by atoms with Gasteiger partial charge in [0.2, 0.25) is 5.91 Å². The molecule has 1 amide bonds. The topological polar surface area (TPSA) is 39.7 Å². The number of hydrogen-bond acceptors (Lipinski definition) is 5. The van der Waals surface area contributed by atoms with E-state index in [4.69, 9.17) is 16.6 Å². The molecule has 0 bridgehead atoms. The van der Waals surface area contributed by atoms with Crippen LogP contribution in [0.2, 0.25) is 5.02 Å². The molecule has 3 aromatic rings. The maximum Gasteiger partial charge on any atom is 0.227 e. The molecule has 1 aromatic carbocycles. The number of thiophene rings is 1. The predicted molar refractivity (Wildman–Crippen MR) is 134 cm³/mol. The van der Waals surface area contributed by atoms with E-state index in [0.29, 0.717) is 5.91 Å². The summed E-state index contributed by atoms with van der Waals surface area (Å²) in [6.45, 7) is 9.19. The fraction of sp³-hybridized carbons (Fsp3) is 0.440. The minimum atomic E-state index is 0.0417. The second kappa shape index (κ2) is 8.91. The normalized spacial score (nSPS) is 19.6. The number of rotatable bonds is 3. The smallest absolute Gasteiger partial charge is 0.227 e. The van der Waals surface area contributed by atoms with E-state index in [1.165, 1.54) is 26.2 Å². The van der Waals surface area contributed by atoms with Crippen molar-refractivity contribution >= 4 is 50.4 Å². The Morgan fingerprint density at radius 3 is 2.69 bits per heavy atom. The largest absolute Gasteiger partial charge is 0.368 e. The molecular weight excluding hydrogens is 440 g/mol. The van der Waals surface area contributed by atoms with Gasteiger partial charge in [-0.25, -0.2) is 4.98 Å². The van der Waals surface area contributed by atoms with Crippen LogP contribution >= 0.6 is 22.9 Å². The summed E-state index contributed by atoms with van der Waals surface area (Å²) in [4.78, 5) is 26.1. The van der Waals surface area contributed by atoms with E-state index in [2.05, 4.69) is 46.7 Å². The molecule has 0 aliphatic carbocycles. The average molecular weight is 469 g/mol. The standard InChI is InChI=1S/C25H29ClN4OS/c1-17-5-6-20(26)15-22(17)28-10-12-29(13-11-28)25(31)19-4-3-9-30(16-19)24-21-14-18(2)32-23(21)7-8-27-24/h5-8,14-15,19H,3-4,9-13,16H2,1-2H3/t19-/m1/s1. The summed E-state index contributed by atoms with van der Waals surface area (Å²) >= 11 is 8.02. The summed E-state index contributed by atoms with van der Waals surface area (Å²) in [6, 6.07) is 10.3. The quantitative estimate of drug-likeness (QED) is 0.534. The molecular formula is C25H29ClN4OS. The maximum atomic E-state index is 13.4. The number of carbonyl (C=O) groups excluding carboxylic acids is 1. The van der Waals surface area contributed by atoms with Gasteiger partial charge in [-0.05, 0) is 56.5 Å². The van der Waals surface area contributed by atoms with Crippen LogP contribution in [0.25, 0.3) is 10.1 Å². The van der Waals surface area contributed by atoms with Gasteiger partial charge in [0, 0.05) is 71.1 Å². The van der Waals surface area contributed by atoms with Gasteiger partial charge in [-0.1, -0.05) is 17.7 Å². The molecule has 7 heteroatoms. The second-order valence-corrected chi connectivity index (χ2v) is 10.7. The zero-order chi connectivity index (χ0) is 22.2. The van der Waals surface area contributed by atoms with Crippen LogP contribution in [0.1, 0.15) is 23.3 Å². The van der Waals surface area contributed by atoms with E-state index in [1.54, 1.807) is 11.3 Å². The Bertz CT molecular complexity index is 1140. The van der Waals surface area contributed by atoms with Gasteiger partial charge in [-0.3, -0.25) is 4.79 Å². The van der Waals surface area contributed by atoms with Gasteiger partial charge in [-0.15, -0.1) is 11.3 Å². The number of fused-ring (bicyclic) bond motifs is 1. The fourth-order valence-electron chi connectivity index (χ4n) is 5.05. The first-order valence-electron chi connectivity index (χ1n) is 11.4. The van der Waals surface area contributed by atoms with Crippen molar-refractivity contribution in [2.45, 2.75) is 26.7 Å². The van der Waals surface area contributed by atoms with Crippen LogP contribution in [0.15, 0.2) is 36.5 Å². The van der Waals surface area contributed by atoms with Crippen molar-refractivity contribution in [1.82, 2.24) is 9.88 Å². The summed E-state index contributed by atoms with van der Waals surface area (Å²) in [5.41, 5.74) is 2.40. The van der Waals surface area contributed by atoms with Gasteiger partial charge < -0.3 is 14.7 Å². The molecule has 168 valence electrons. The Morgan fingerprint density at radius 2 is 1.88 bits per heavy atom. The van der Waals surface area contributed by atoms with Crippen LogP contribution < -0.4 is 9.80 Å². The number of halogens is 1. The first-order chi connectivity index (χ1) is 15.5. The molecule has 0 saturated carbocycles. The van der Waals surface area contributed by atoms with Gasteiger partial charge in [0.15, 0.2) is 0 Å². The number of pyridine rings is 1. The zero-order valence-electron chi connectivity index (χ0n) is 18.7. The number of amides is 1. The number of benzene rings is 1. The maximum absolute atomic E-state index is 13.4. The fourth-order valence-corrected chi connectivity index (χ4v) is 6.13. The molecule has 2 saturated heterocycles. The highest BCUT2D eigenvalue weighted by Crippen LogP contribution is 2.34. The SMILES string of the molecule is Cc1cc2c(N3CCC[C@@H](C(=O)N4CCN(c5cc(Cl)ccc5C)CC4)C3)nccc2s1. The number of piperidine rings is 1. The van der Waals surface area contributed by atoms with Crippen LogP contribution in [0.4, 0.5) is 11.5 Å². The van der Waals surface area contributed by atoms with Gasteiger partial charge in [-0.2, -0.15) is 0 Å². The van der Waals surface area contributed by atoms with Crippen molar-refractivity contribution < 1.29 is 4.79 Å². The molecule has 0 spiro atoms. The average Bonchev–Trinajstić information content (AvgIpc) is 3.20. The summed E-state index contributed by atoms with van der Waals surface area (Å²) in [5, 5.41) is 1.98. The number of anilines is 2. The molecule has 0 unspecified atom stereocenters. The zero-order valence-corrected chi connectivity index (χ0v) is 20.3. The van der Waals surface area contributed by atoms with Gasteiger partial charge in [0.1, 0.15) is 5.82 Å². The van der Waals surface area contributed by atoms with Crippen LogP contribution in [0.3, 0.4) is 0 Å². The molecule has 5 nitrogen and oxygen atoms in total. The number of piperazine rings is 1. The van der Waals surface area contributed by atoms with Crippen molar-refractivity contribution in [2.75, 3.05) is 49.1 Å². The minimum absolute atomic E-state index is 0.0417. The van der Waals surface area contributed by atoms with Crippen molar-refractivity contribution in [3.05, 3.63) is 52.0 Å². The Morgan fingerprint density at radius 1 is 1.06 bits per heavy atom. The van der Waals surface area contributed by atoms with E-state index in [0.717, 1.165) is 63.0 Å². The van der Waals surface area contributed by atoms with E-state index in [9.17, 15) is 4.79 Å². The number of aromatic nitrogens is 1. The van der Waals surface area contributed by atoms with Crippen LogP contribution in [0.5, 0.6) is 0 Å². The van der Waals surface area contributed by atoms with E-state index in [1.807, 2.05) is 18.3 Å². The third-order valence-corrected chi connectivity index (χ3v) is 7.97. The third-order valence-electron chi connectivity index (χ3n) is 6.72. The number of carbonyl (C=O) groups is 1. The molecule has 2 aromatic heterocycles. The third kappa shape index (κ3) is 4.18. The van der Waals surface area contributed by atoms with Crippen LogP contribution in [-0.4, -0.2) is 55.1 Å². The van der Waals surface area contributed by atoms with E-state index in [-0.39, 0.29) is 5.92 Å². The highest BCUT2D eigenvalue weighted by Gasteiger charge is 2.32. The highest BCUT2D eigenvalue weighted by atomic mass is 35.5. The monoisotopic (exact) mass is 468 g/mol. The Labute approximate surface area is 198 Å². The van der Waals surface area contributed by atoms with Crippen molar-refractivity contribution in [3.8, 4) is 0 Å². The summed E-state index contributed by atoms with van der Waals surface area (Å²) in [5.74, 6) is 1.37. The van der Waals surface area contributed by atoms with Crippen molar-refractivity contribution in [1.29, 1.82) is 0 Å². The van der Waals surface area contributed by atoms with E-state index >= 15 is 0 Å². The molecule has 2 aliphatic heterocycles. The molecule has 2 aliphatic rings. The second-order valence-electron chi connectivity index (χ2n) is 8.93. The highest BCUT2D eigenvalue weighted by molar-refractivity contribution is 7.19. The lowest BCUT2D eigenvalue weighted by Gasteiger charge is -2.40. The lowest BCUT2D eigenvalue weighted by Crippen LogP contribution is -2.52. The van der Waals surface area contributed by atoms with Gasteiger partial charge in [0.05, 0.1) is 5.92 Å². The predicted octanol–water partition coefficient (Wildman–Crippen LogP) is 5.13. The first-order valence-corrected chi connectivity index (χ1v) is 12.6. The Hall–Kier alpha value is -2.31. The molecule has 32 heavy (non-hydrogen) atoms. The first kappa shape index (κ1) is 21.5.